The maximum atomic E-state index is 4.20. The number of hydrogen-bond acceptors (Lipinski definition) is 5. The van der Waals surface area contributed by atoms with Crippen LogP contribution in [0.4, 0.5) is 11.9 Å². The Morgan fingerprint density at radius 2 is 1.33 bits per heavy atom. The summed E-state index contributed by atoms with van der Waals surface area (Å²) in [6, 6.07) is 3.67. The smallest absolute Gasteiger partial charge is 0.229 e. The minimum Gasteiger partial charge on any atom is -0.293 e. The molecular weight excluding hydrogens is 190 g/mol. The molecular formula is C10H11N5. The third kappa shape index (κ3) is 2.46. The lowest BCUT2D eigenvalue weighted by Crippen LogP contribution is -2.01. The summed E-state index contributed by atoms with van der Waals surface area (Å²) in [4.78, 5) is 16.5. The first-order valence-electron chi connectivity index (χ1n) is 4.60. The van der Waals surface area contributed by atoms with Crippen LogP contribution in [0.3, 0.4) is 0 Å². The van der Waals surface area contributed by atoms with Crippen molar-refractivity contribution in [2.24, 2.45) is 0 Å². The molecule has 0 atom stereocenters. The summed E-state index contributed by atoms with van der Waals surface area (Å²) >= 11 is 0. The van der Waals surface area contributed by atoms with Crippen molar-refractivity contribution in [3.63, 3.8) is 0 Å². The Morgan fingerprint density at radius 1 is 0.867 bits per heavy atom. The Kier molecular flexibility index (Phi) is 2.53. The molecule has 5 nitrogen and oxygen atoms in total. The molecule has 5 heteroatoms. The standard InChI is InChI=1S/C10H11N5/c1-7-3-5-11-9(13-7)15-10-12-6-4-8(2)14-10/h3-6H,1-2H3,(H,11,12,13,14,15). The van der Waals surface area contributed by atoms with E-state index in [0.29, 0.717) is 11.9 Å². The van der Waals surface area contributed by atoms with E-state index in [2.05, 4.69) is 25.3 Å². The summed E-state index contributed by atoms with van der Waals surface area (Å²) in [7, 11) is 0. The molecule has 2 aromatic heterocycles. The van der Waals surface area contributed by atoms with Gasteiger partial charge in [-0.15, -0.1) is 0 Å². The van der Waals surface area contributed by atoms with Crippen LogP contribution in [0.15, 0.2) is 24.5 Å². The lowest BCUT2D eigenvalue weighted by atomic mass is 10.4. The van der Waals surface area contributed by atoms with Crippen LogP contribution in [0.25, 0.3) is 0 Å². The molecule has 0 aliphatic heterocycles. The Bertz CT molecular complexity index is 425. The van der Waals surface area contributed by atoms with Gasteiger partial charge in [-0.25, -0.2) is 19.9 Å². The predicted molar refractivity (Wildman–Crippen MR) is 56.8 cm³/mol. The average molecular weight is 201 g/mol. The summed E-state index contributed by atoms with van der Waals surface area (Å²) in [5, 5.41) is 2.94. The van der Waals surface area contributed by atoms with E-state index in [4.69, 9.17) is 0 Å². The molecule has 2 heterocycles. The number of hydrogen-bond donors (Lipinski definition) is 1. The van der Waals surface area contributed by atoms with Crippen molar-refractivity contribution in [3.8, 4) is 0 Å². The van der Waals surface area contributed by atoms with Crippen molar-refractivity contribution in [2.45, 2.75) is 13.8 Å². The number of aromatic nitrogens is 4. The second-order valence-corrected chi connectivity index (χ2v) is 3.17. The highest BCUT2D eigenvalue weighted by Gasteiger charge is 1.99. The molecule has 0 unspecified atom stereocenters. The fourth-order valence-electron chi connectivity index (χ4n) is 1.12. The normalized spacial score (nSPS) is 10.0. The monoisotopic (exact) mass is 201 g/mol. The summed E-state index contributed by atoms with van der Waals surface area (Å²) in [5.41, 5.74) is 1.81. The highest BCUT2D eigenvalue weighted by molar-refractivity contribution is 5.41. The molecule has 0 bridgehead atoms. The van der Waals surface area contributed by atoms with Gasteiger partial charge in [0.1, 0.15) is 0 Å². The van der Waals surface area contributed by atoms with Crippen LogP contribution in [0.1, 0.15) is 11.4 Å². The number of aryl methyl sites for hydroxylation is 2. The summed E-state index contributed by atoms with van der Waals surface area (Å²) in [5.74, 6) is 1.03. The van der Waals surface area contributed by atoms with E-state index in [1.165, 1.54) is 0 Å². The molecule has 76 valence electrons. The third-order valence-corrected chi connectivity index (χ3v) is 1.81. The van der Waals surface area contributed by atoms with Gasteiger partial charge in [0.15, 0.2) is 0 Å². The summed E-state index contributed by atoms with van der Waals surface area (Å²) in [6.07, 6.45) is 3.39. The van der Waals surface area contributed by atoms with E-state index in [1.54, 1.807) is 12.4 Å². The molecule has 0 saturated heterocycles. The Morgan fingerprint density at radius 3 is 1.73 bits per heavy atom. The number of rotatable bonds is 2. The van der Waals surface area contributed by atoms with Gasteiger partial charge in [0.25, 0.3) is 0 Å². The number of nitrogens with zero attached hydrogens (tertiary/aromatic N) is 4. The van der Waals surface area contributed by atoms with Crippen molar-refractivity contribution >= 4 is 11.9 Å². The van der Waals surface area contributed by atoms with Gasteiger partial charge in [0.2, 0.25) is 11.9 Å². The van der Waals surface area contributed by atoms with Crippen molar-refractivity contribution in [3.05, 3.63) is 35.9 Å². The predicted octanol–water partition coefficient (Wildman–Crippen LogP) is 1.63. The zero-order chi connectivity index (χ0) is 10.7. The van der Waals surface area contributed by atoms with Crippen LogP contribution in [0.2, 0.25) is 0 Å². The fourth-order valence-corrected chi connectivity index (χ4v) is 1.12. The largest absolute Gasteiger partial charge is 0.293 e. The quantitative estimate of drug-likeness (QED) is 0.800. The molecule has 0 fully saturated rings. The molecule has 0 aliphatic carbocycles. The third-order valence-electron chi connectivity index (χ3n) is 1.81. The van der Waals surface area contributed by atoms with Crippen LogP contribution in [-0.2, 0) is 0 Å². The van der Waals surface area contributed by atoms with Crippen molar-refractivity contribution in [1.82, 2.24) is 19.9 Å². The first-order chi connectivity index (χ1) is 7.24. The van der Waals surface area contributed by atoms with Crippen LogP contribution in [-0.4, -0.2) is 19.9 Å². The van der Waals surface area contributed by atoms with Gasteiger partial charge in [-0.3, -0.25) is 5.32 Å². The van der Waals surface area contributed by atoms with E-state index < -0.39 is 0 Å². The molecule has 2 aromatic rings. The van der Waals surface area contributed by atoms with Gasteiger partial charge in [0, 0.05) is 23.8 Å². The molecule has 1 N–H and O–H groups in total. The first kappa shape index (κ1) is 9.51. The average Bonchev–Trinajstić information content (AvgIpc) is 2.17. The van der Waals surface area contributed by atoms with E-state index in [0.717, 1.165) is 11.4 Å². The highest BCUT2D eigenvalue weighted by Crippen LogP contribution is 2.06. The molecule has 0 aliphatic rings. The number of anilines is 2. The molecule has 15 heavy (non-hydrogen) atoms. The molecule has 0 aromatic carbocycles. The van der Waals surface area contributed by atoms with E-state index >= 15 is 0 Å². The van der Waals surface area contributed by atoms with Crippen molar-refractivity contribution in [1.29, 1.82) is 0 Å². The summed E-state index contributed by atoms with van der Waals surface area (Å²) < 4.78 is 0. The SMILES string of the molecule is Cc1ccnc(Nc2nccc(C)n2)n1. The van der Waals surface area contributed by atoms with E-state index in [-0.39, 0.29) is 0 Å². The number of nitrogens with one attached hydrogen (secondary N) is 1. The van der Waals surface area contributed by atoms with Gasteiger partial charge in [-0.1, -0.05) is 0 Å². The van der Waals surface area contributed by atoms with Gasteiger partial charge in [-0.2, -0.15) is 0 Å². The lowest BCUT2D eigenvalue weighted by Gasteiger charge is -2.03. The van der Waals surface area contributed by atoms with Crippen LogP contribution in [0.5, 0.6) is 0 Å². The summed E-state index contributed by atoms with van der Waals surface area (Å²) in [6.45, 7) is 3.81. The molecule has 2 rings (SSSR count). The maximum Gasteiger partial charge on any atom is 0.229 e. The Hall–Kier alpha value is -2.04. The minimum atomic E-state index is 0.514. The maximum absolute atomic E-state index is 4.20. The van der Waals surface area contributed by atoms with Gasteiger partial charge < -0.3 is 0 Å². The second kappa shape index (κ2) is 4.00. The highest BCUT2D eigenvalue weighted by atomic mass is 15.2. The molecule has 0 spiro atoms. The lowest BCUT2D eigenvalue weighted by molar-refractivity contribution is 1.05. The van der Waals surface area contributed by atoms with Gasteiger partial charge in [0.05, 0.1) is 0 Å². The molecule has 0 amide bonds. The fraction of sp³-hybridized carbons (Fsp3) is 0.200. The van der Waals surface area contributed by atoms with Gasteiger partial charge >= 0.3 is 0 Å². The Balaban J connectivity index is 2.22. The van der Waals surface area contributed by atoms with Crippen LogP contribution < -0.4 is 5.32 Å². The second-order valence-electron chi connectivity index (χ2n) is 3.17. The first-order valence-corrected chi connectivity index (χ1v) is 4.60. The van der Waals surface area contributed by atoms with E-state index in [9.17, 15) is 0 Å². The van der Waals surface area contributed by atoms with E-state index in [1.807, 2.05) is 26.0 Å². The minimum absolute atomic E-state index is 0.514. The Labute approximate surface area is 87.6 Å². The molecule has 0 saturated carbocycles. The van der Waals surface area contributed by atoms with Crippen molar-refractivity contribution < 1.29 is 0 Å². The molecule has 0 radical (unpaired) electrons. The zero-order valence-corrected chi connectivity index (χ0v) is 8.60. The van der Waals surface area contributed by atoms with Crippen molar-refractivity contribution in [2.75, 3.05) is 5.32 Å². The topological polar surface area (TPSA) is 63.6 Å². The van der Waals surface area contributed by atoms with Crippen LogP contribution >= 0.6 is 0 Å². The van der Waals surface area contributed by atoms with Gasteiger partial charge in [-0.05, 0) is 26.0 Å². The zero-order valence-electron chi connectivity index (χ0n) is 8.60. The van der Waals surface area contributed by atoms with Crippen LogP contribution in [0, 0.1) is 13.8 Å².